The number of carbonyl (C=O) groups is 1. The molecule has 4 N–H and O–H groups in total. The van der Waals surface area contributed by atoms with E-state index in [4.69, 9.17) is 5.73 Å². The van der Waals surface area contributed by atoms with Gasteiger partial charge in [-0.3, -0.25) is 9.89 Å². The lowest BCUT2D eigenvalue weighted by Crippen LogP contribution is -2.28. The third kappa shape index (κ3) is 1.81. The van der Waals surface area contributed by atoms with Gasteiger partial charge in [0.1, 0.15) is 0 Å². The van der Waals surface area contributed by atoms with Crippen LogP contribution in [0.5, 0.6) is 0 Å². The smallest absolute Gasteiger partial charge is 0.289 e. The van der Waals surface area contributed by atoms with Crippen molar-refractivity contribution < 1.29 is 4.79 Å². The SMILES string of the molecule is Nc1n[nH]c(C(=O)NC2CCc3ccccc32)n1. The number of nitrogens with one attached hydrogen (secondary N) is 2. The molecule has 1 amide bonds. The second-order valence-electron chi connectivity index (χ2n) is 4.31. The Bertz CT molecular complexity index is 592. The van der Waals surface area contributed by atoms with E-state index in [0.717, 1.165) is 12.8 Å². The van der Waals surface area contributed by atoms with Crippen molar-refractivity contribution in [3.05, 3.63) is 41.2 Å². The number of fused-ring (bicyclic) bond motifs is 1. The zero-order valence-corrected chi connectivity index (χ0v) is 9.68. The van der Waals surface area contributed by atoms with Crippen molar-refractivity contribution in [2.75, 3.05) is 5.73 Å². The zero-order chi connectivity index (χ0) is 12.5. The monoisotopic (exact) mass is 243 g/mol. The normalized spacial score (nSPS) is 17.4. The number of benzene rings is 1. The molecule has 92 valence electrons. The summed E-state index contributed by atoms with van der Waals surface area (Å²) in [4.78, 5) is 15.7. The van der Waals surface area contributed by atoms with Crippen LogP contribution < -0.4 is 11.1 Å². The van der Waals surface area contributed by atoms with Crippen molar-refractivity contribution in [1.29, 1.82) is 0 Å². The number of aryl methyl sites for hydroxylation is 1. The number of hydrogen-bond acceptors (Lipinski definition) is 4. The number of nitrogens with two attached hydrogens (primary N) is 1. The van der Waals surface area contributed by atoms with E-state index in [2.05, 4.69) is 26.6 Å². The molecule has 1 aromatic carbocycles. The van der Waals surface area contributed by atoms with E-state index < -0.39 is 0 Å². The molecule has 1 unspecified atom stereocenters. The van der Waals surface area contributed by atoms with E-state index >= 15 is 0 Å². The number of aromatic nitrogens is 3. The minimum Gasteiger partial charge on any atom is -0.366 e. The van der Waals surface area contributed by atoms with Gasteiger partial charge in [0.05, 0.1) is 6.04 Å². The lowest BCUT2D eigenvalue weighted by molar-refractivity contribution is 0.0926. The molecular weight excluding hydrogens is 230 g/mol. The molecule has 1 aliphatic rings. The maximum Gasteiger partial charge on any atom is 0.289 e. The van der Waals surface area contributed by atoms with Gasteiger partial charge in [0.25, 0.3) is 5.91 Å². The van der Waals surface area contributed by atoms with E-state index in [9.17, 15) is 4.79 Å². The lowest BCUT2D eigenvalue weighted by atomic mass is 10.1. The summed E-state index contributed by atoms with van der Waals surface area (Å²) in [5.41, 5.74) is 7.84. The standard InChI is InChI=1S/C12H13N5O/c13-12-15-10(16-17-12)11(18)14-9-6-5-7-3-1-2-4-8(7)9/h1-4,9H,5-6H2,(H,14,18)(H3,13,15,16,17). The van der Waals surface area contributed by atoms with Gasteiger partial charge in [-0.25, -0.2) is 0 Å². The molecule has 1 aromatic heterocycles. The predicted octanol–water partition coefficient (Wildman–Crippen LogP) is 0.804. The van der Waals surface area contributed by atoms with Gasteiger partial charge in [0.2, 0.25) is 11.8 Å². The molecule has 1 heterocycles. The van der Waals surface area contributed by atoms with Gasteiger partial charge in [-0.05, 0) is 24.0 Å². The Balaban J connectivity index is 1.77. The Morgan fingerprint density at radius 3 is 3.06 bits per heavy atom. The summed E-state index contributed by atoms with van der Waals surface area (Å²) < 4.78 is 0. The van der Waals surface area contributed by atoms with Gasteiger partial charge < -0.3 is 11.1 Å². The second-order valence-corrected chi connectivity index (χ2v) is 4.31. The van der Waals surface area contributed by atoms with Crippen molar-refractivity contribution in [2.45, 2.75) is 18.9 Å². The molecule has 0 radical (unpaired) electrons. The maximum absolute atomic E-state index is 11.9. The molecule has 0 bridgehead atoms. The predicted molar refractivity (Wildman–Crippen MR) is 65.8 cm³/mol. The Morgan fingerprint density at radius 1 is 1.44 bits per heavy atom. The van der Waals surface area contributed by atoms with E-state index in [1.807, 2.05) is 18.2 Å². The van der Waals surface area contributed by atoms with Gasteiger partial charge >= 0.3 is 0 Å². The summed E-state index contributed by atoms with van der Waals surface area (Å²) in [6.45, 7) is 0. The average molecular weight is 243 g/mol. The first-order chi connectivity index (χ1) is 8.74. The fourth-order valence-corrected chi connectivity index (χ4v) is 2.31. The topological polar surface area (TPSA) is 96.7 Å². The molecule has 6 heteroatoms. The largest absolute Gasteiger partial charge is 0.366 e. The fraction of sp³-hybridized carbons (Fsp3) is 0.250. The Labute approximate surface area is 104 Å². The molecule has 0 aliphatic heterocycles. The van der Waals surface area contributed by atoms with Crippen molar-refractivity contribution in [3.8, 4) is 0 Å². The van der Waals surface area contributed by atoms with Gasteiger partial charge in [-0.1, -0.05) is 24.3 Å². The number of nitrogen functional groups attached to an aromatic ring is 1. The highest BCUT2D eigenvalue weighted by Gasteiger charge is 2.24. The zero-order valence-electron chi connectivity index (χ0n) is 9.68. The van der Waals surface area contributed by atoms with Gasteiger partial charge in [0.15, 0.2) is 0 Å². The van der Waals surface area contributed by atoms with Crippen LogP contribution in [0.4, 0.5) is 5.95 Å². The van der Waals surface area contributed by atoms with Crippen LogP contribution in [0, 0.1) is 0 Å². The third-order valence-corrected chi connectivity index (χ3v) is 3.16. The molecule has 0 saturated heterocycles. The van der Waals surface area contributed by atoms with Crippen LogP contribution in [0.3, 0.4) is 0 Å². The van der Waals surface area contributed by atoms with E-state index in [1.54, 1.807) is 0 Å². The van der Waals surface area contributed by atoms with Crippen LogP contribution in [0.1, 0.15) is 34.2 Å². The van der Waals surface area contributed by atoms with Crippen molar-refractivity contribution in [3.63, 3.8) is 0 Å². The Hall–Kier alpha value is -2.37. The highest BCUT2D eigenvalue weighted by atomic mass is 16.2. The summed E-state index contributed by atoms with van der Waals surface area (Å²) in [6.07, 6.45) is 1.90. The average Bonchev–Trinajstić information content (AvgIpc) is 2.97. The Morgan fingerprint density at radius 2 is 2.28 bits per heavy atom. The fourth-order valence-electron chi connectivity index (χ4n) is 2.31. The van der Waals surface area contributed by atoms with Crippen LogP contribution in [-0.2, 0) is 6.42 Å². The van der Waals surface area contributed by atoms with E-state index in [0.29, 0.717) is 0 Å². The van der Waals surface area contributed by atoms with Crippen LogP contribution in [0.2, 0.25) is 0 Å². The summed E-state index contributed by atoms with van der Waals surface area (Å²) in [7, 11) is 0. The van der Waals surface area contributed by atoms with Crippen LogP contribution in [0.15, 0.2) is 24.3 Å². The van der Waals surface area contributed by atoms with Crippen LogP contribution >= 0.6 is 0 Å². The van der Waals surface area contributed by atoms with Crippen LogP contribution in [0.25, 0.3) is 0 Å². The first-order valence-electron chi connectivity index (χ1n) is 5.80. The Kier molecular flexibility index (Phi) is 2.47. The van der Waals surface area contributed by atoms with Gasteiger partial charge in [-0.15, -0.1) is 5.10 Å². The molecule has 18 heavy (non-hydrogen) atoms. The number of rotatable bonds is 2. The number of hydrogen-bond donors (Lipinski definition) is 3. The first-order valence-corrected chi connectivity index (χ1v) is 5.80. The first kappa shape index (κ1) is 10.8. The highest BCUT2D eigenvalue weighted by Crippen LogP contribution is 2.30. The molecule has 3 rings (SSSR count). The molecule has 1 aliphatic carbocycles. The summed E-state index contributed by atoms with van der Waals surface area (Å²) in [5.74, 6) is -0.0512. The molecule has 1 atom stereocenters. The lowest BCUT2D eigenvalue weighted by Gasteiger charge is -2.12. The second kappa shape index (κ2) is 4.14. The van der Waals surface area contributed by atoms with Crippen LogP contribution in [-0.4, -0.2) is 21.1 Å². The van der Waals surface area contributed by atoms with Gasteiger partial charge in [0, 0.05) is 0 Å². The van der Waals surface area contributed by atoms with Crippen molar-refractivity contribution >= 4 is 11.9 Å². The van der Waals surface area contributed by atoms with E-state index in [1.165, 1.54) is 11.1 Å². The molecular formula is C12H13N5O. The number of aromatic amines is 1. The quantitative estimate of drug-likeness (QED) is 0.727. The molecule has 0 saturated carbocycles. The third-order valence-electron chi connectivity index (χ3n) is 3.16. The molecule has 2 aromatic rings. The minimum absolute atomic E-state index is 0.0417. The van der Waals surface area contributed by atoms with Crippen molar-refractivity contribution in [1.82, 2.24) is 20.5 Å². The number of carbonyl (C=O) groups excluding carboxylic acids is 1. The number of nitrogens with zero attached hydrogens (tertiary/aromatic N) is 2. The van der Waals surface area contributed by atoms with Gasteiger partial charge in [-0.2, -0.15) is 4.98 Å². The summed E-state index contributed by atoms with van der Waals surface area (Å²) in [6, 6.07) is 8.17. The number of amides is 1. The van der Waals surface area contributed by atoms with Crippen molar-refractivity contribution in [2.24, 2.45) is 0 Å². The summed E-state index contributed by atoms with van der Waals surface area (Å²) in [5, 5.41) is 9.08. The summed E-state index contributed by atoms with van der Waals surface area (Å²) >= 11 is 0. The van der Waals surface area contributed by atoms with E-state index in [-0.39, 0.29) is 23.7 Å². The number of anilines is 1. The number of H-pyrrole nitrogens is 1. The molecule has 0 fully saturated rings. The molecule has 0 spiro atoms. The highest BCUT2D eigenvalue weighted by molar-refractivity contribution is 5.91. The molecule has 6 nitrogen and oxygen atoms in total. The maximum atomic E-state index is 11.9. The minimum atomic E-state index is -0.277.